The molecule has 0 radical (unpaired) electrons. The quantitative estimate of drug-likeness (QED) is 0.113. The Morgan fingerprint density at radius 1 is 0.667 bits per heavy atom. The molecule has 33 heavy (non-hydrogen) atoms. The molecule has 2 fully saturated rings. The second-order valence-electron chi connectivity index (χ2n) is 7.68. The van der Waals surface area contributed by atoms with Crippen molar-refractivity contribution in [2.75, 3.05) is 0 Å². The molecule has 0 amide bonds. The van der Waals surface area contributed by atoms with Crippen LogP contribution in [0, 0.1) is 5.92 Å². The zero-order chi connectivity index (χ0) is 25.4. The van der Waals surface area contributed by atoms with E-state index in [9.17, 15) is 28.7 Å². The van der Waals surface area contributed by atoms with Crippen LogP contribution in [0.1, 0.15) is 25.7 Å². The van der Waals surface area contributed by atoms with E-state index >= 15 is 0 Å². The van der Waals surface area contributed by atoms with Gasteiger partial charge in [-0.15, -0.1) is 0 Å². The van der Waals surface area contributed by atoms with Gasteiger partial charge in [0.05, 0.1) is 5.92 Å². The monoisotopic (exact) mass is 545 g/mol. The van der Waals surface area contributed by atoms with E-state index in [0.29, 0.717) is 12.8 Å². The molecule has 2 aliphatic rings. The van der Waals surface area contributed by atoms with E-state index in [1.807, 2.05) is 0 Å². The van der Waals surface area contributed by atoms with E-state index in [-0.39, 0.29) is 18.9 Å². The van der Waals surface area contributed by atoms with E-state index in [2.05, 4.69) is 13.6 Å². The number of phosphoric acid groups is 3. The van der Waals surface area contributed by atoms with Crippen LogP contribution in [0.4, 0.5) is 0 Å². The van der Waals surface area contributed by atoms with Crippen LogP contribution in [0.15, 0.2) is 0 Å². The van der Waals surface area contributed by atoms with Crippen molar-refractivity contribution in [3.05, 3.63) is 0 Å². The summed E-state index contributed by atoms with van der Waals surface area (Å²) < 4.78 is 52.0. The van der Waals surface area contributed by atoms with Crippen LogP contribution in [0.3, 0.4) is 0 Å². The maximum absolute atomic E-state index is 12.6. The third-order valence-corrected chi connectivity index (χ3v) is 6.68. The number of carbonyl (C=O) groups is 1. The molecule has 194 valence electrons. The minimum atomic E-state index is -5.53. The van der Waals surface area contributed by atoms with Crippen LogP contribution in [-0.4, -0.2) is 88.2 Å². The van der Waals surface area contributed by atoms with Gasteiger partial charge in [0.1, 0.15) is 30.5 Å². The molecule has 0 bridgehead atoms. The van der Waals surface area contributed by atoms with Gasteiger partial charge in [0.25, 0.3) is 0 Å². The van der Waals surface area contributed by atoms with E-state index in [4.69, 9.17) is 39.8 Å². The van der Waals surface area contributed by atoms with Crippen molar-refractivity contribution in [3.8, 4) is 0 Å². The number of rotatable bonds is 8. The molecule has 0 aliphatic heterocycles. The molecule has 0 heterocycles. The number of carbonyl (C=O) groups excluding carboxylic acids is 1. The Morgan fingerprint density at radius 3 is 1.36 bits per heavy atom. The zero-order valence-electron chi connectivity index (χ0n) is 16.7. The molecule has 2 saturated carbocycles. The summed E-state index contributed by atoms with van der Waals surface area (Å²) in [6.45, 7) is 0. The third kappa shape index (κ3) is 8.69. The van der Waals surface area contributed by atoms with Gasteiger partial charge in [0.2, 0.25) is 0 Å². The van der Waals surface area contributed by atoms with E-state index in [0.717, 1.165) is 0 Å². The first kappa shape index (κ1) is 28.9. The summed E-state index contributed by atoms with van der Waals surface area (Å²) in [5.41, 5.74) is 5.76. The number of aliphatic hydroxyl groups is 2. The molecule has 0 spiro atoms. The topological polar surface area (TPSA) is 293 Å². The van der Waals surface area contributed by atoms with Crippen molar-refractivity contribution in [2.24, 2.45) is 11.7 Å². The van der Waals surface area contributed by atoms with Crippen LogP contribution < -0.4 is 5.73 Å². The number of aliphatic hydroxyl groups excluding tert-OH is 2. The van der Waals surface area contributed by atoms with Crippen LogP contribution in [-0.2, 0) is 36.8 Å². The van der Waals surface area contributed by atoms with Gasteiger partial charge in [-0.3, -0.25) is 18.4 Å². The molecule has 10 N–H and O–H groups in total. The highest BCUT2D eigenvalue weighted by atomic mass is 31.2. The highest BCUT2D eigenvalue weighted by Crippen LogP contribution is 2.49. The lowest BCUT2D eigenvalue weighted by Crippen LogP contribution is -2.66. The molecular weight excluding hydrogens is 519 g/mol. The van der Waals surface area contributed by atoms with Crippen LogP contribution in [0.5, 0.6) is 0 Å². The molecule has 20 heteroatoms. The first-order chi connectivity index (χ1) is 14.9. The SMILES string of the molecule is NC1CCC(C(=O)O[C@H]2[C@@H](O)[C@H](OP(=O)(O)O)[C@@H](OP(=O)(O)O)[C@H](O)[C@H]2OP(=O)(O)O)CC1. The van der Waals surface area contributed by atoms with Gasteiger partial charge in [-0.05, 0) is 25.7 Å². The molecule has 6 atom stereocenters. The molecular formula is C13H26NO16P3. The first-order valence-electron chi connectivity index (χ1n) is 9.42. The van der Waals surface area contributed by atoms with Crippen LogP contribution in [0.25, 0.3) is 0 Å². The summed E-state index contributed by atoms with van der Waals surface area (Å²) in [5.74, 6) is -1.75. The smallest absolute Gasteiger partial charge is 0.456 e. The summed E-state index contributed by atoms with van der Waals surface area (Å²) in [4.78, 5) is 67.3. The Kier molecular flexibility index (Phi) is 9.41. The Bertz CT molecular complexity index is 829. The predicted octanol–water partition coefficient (Wildman–Crippen LogP) is -2.42. The second-order valence-corrected chi connectivity index (χ2v) is 11.3. The van der Waals surface area contributed by atoms with Gasteiger partial charge in [-0.1, -0.05) is 0 Å². The van der Waals surface area contributed by atoms with E-state index in [1.165, 1.54) is 0 Å². The van der Waals surface area contributed by atoms with Gasteiger partial charge in [-0.25, -0.2) is 13.7 Å². The summed E-state index contributed by atoms with van der Waals surface area (Å²) in [5, 5.41) is 21.1. The highest BCUT2D eigenvalue weighted by molar-refractivity contribution is 7.46. The molecule has 0 saturated heterocycles. The fourth-order valence-corrected chi connectivity index (χ4v) is 5.40. The van der Waals surface area contributed by atoms with Crippen LogP contribution >= 0.6 is 23.5 Å². The van der Waals surface area contributed by atoms with Gasteiger partial charge in [0, 0.05) is 6.04 Å². The summed E-state index contributed by atoms with van der Waals surface area (Å²) >= 11 is 0. The molecule has 0 aromatic rings. The maximum atomic E-state index is 12.6. The van der Waals surface area contributed by atoms with E-state index < -0.39 is 72.0 Å². The van der Waals surface area contributed by atoms with Gasteiger partial charge in [0.15, 0.2) is 6.10 Å². The van der Waals surface area contributed by atoms with Crippen LogP contribution in [0.2, 0.25) is 0 Å². The Labute approximate surface area is 186 Å². The minimum Gasteiger partial charge on any atom is -0.456 e. The first-order valence-corrected chi connectivity index (χ1v) is 14.0. The highest BCUT2D eigenvalue weighted by Gasteiger charge is 2.58. The lowest BCUT2D eigenvalue weighted by Gasteiger charge is -2.45. The number of esters is 1. The summed E-state index contributed by atoms with van der Waals surface area (Å²) in [7, 11) is -16.5. The Hall–Kier alpha value is -0.320. The maximum Gasteiger partial charge on any atom is 0.470 e. The fourth-order valence-electron chi connectivity index (χ4n) is 3.72. The van der Waals surface area contributed by atoms with Gasteiger partial charge >= 0.3 is 29.4 Å². The Morgan fingerprint density at radius 2 is 1.00 bits per heavy atom. The number of ether oxygens (including phenoxy) is 1. The summed E-state index contributed by atoms with van der Waals surface area (Å²) in [6.07, 6.45) is -13.0. The van der Waals surface area contributed by atoms with Gasteiger partial charge < -0.3 is 50.0 Å². The molecule has 2 rings (SSSR count). The predicted molar refractivity (Wildman–Crippen MR) is 103 cm³/mol. The largest absolute Gasteiger partial charge is 0.470 e. The standard InChI is InChI=1S/C13H26NO16P3/c14-6-3-1-5(2-4-6)13(17)27-9-7(15)11(29-32(21,22)23)12(30-33(24,25)26)8(16)10(9)28-31(18,19)20/h5-12,15-16H,1-4,14H2,(H2,18,19,20)(H2,21,22,23)(H2,24,25,26)/t5?,6?,7-,8-,9+,10-,11+,12+/m1/s1. The van der Waals surface area contributed by atoms with E-state index in [1.54, 1.807) is 0 Å². The molecule has 17 nitrogen and oxygen atoms in total. The van der Waals surface area contributed by atoms with Crippen molar-refractivity contribution in [1.82, 2.24) is 0 Å². The fraction of sp³-hybridized carbons (Fsp3) is 0.923. The molecule has 0 aromatic heterocycles. The normalized spacial score (nSPS) is 36.4. The molecule has 0 unspecified atom stereocenters. The van der Waals surface area contributed by atoms with Crippen molar-refractivity contribution < 1.29 is 76.4 Å². The molecule has 2 aliphatic carbocycles. The minimum absolute atomic E-state index is 0.159. The number of nitrogens with two attached hydrogens (primary N) is 1. The second kappa shape index (κ2) is 10.7. The molecule has 0 aromatic carbocycles. The lowest BCUT2D eigenvalue weighted by molar-refractivity contribution is -0.226. The van der Waals surface area contributed by atoms with Crippen molar-refractivity contribution >= 4 is 29.4 Å². The average Bonchev–Trinajstić information content (AvgIpc) is 2.63. The van der Waals surface area contributed by atoms with Crippen molar-refractivity contribution in [3.63, 3.8) is 0 Å². The average molecular weight is 545 g/mol. The number of hydrogen-bond acceptors (Lipinski definition) is 11. The number of phosphoric ester groups is 3. The number of hydrogen-bond donors (Lipinski definition) is 9. The lowest BCUT2D eigenvalue weighted by atomic mass is 9.84. The van der Waals surface area contributed by atoms with Crippen molar-refractivity contribution in [1.29, 1.82) is 0 Å². The third-order valence-electron chi connectivity index (χ3n) is 5.13. The Balaban J connectivity index is 2.40. The zero-order valence-corrected chi connectivity index (χ0v) is 19.4. The van der Waals surface area contributed by atoms with Gasteiger partial charge in [-0.2, -0.15) is 0 Å². The van der Waals surface area contributed by atoms with Crippen molar-refractivity contribution in [2.45, 2.75) is 68.3 Å². The summed E-state index contributed by atoms with van der Waals surface area (Å²) in [6, 6.07) is -0.159.